The number of benzene rings is 1. The molecule has 0 atom stereocenters. The first-order valence-corrected chi connectivity index (χ1v) is 10.0. The molecular weight excluding hydrogens is 426 g/mol. The van der Waals surface area contributed by atoms with Gasteiger partial charge in [-0.3, -0.25) is 9.78 Å². The van der Waals surface area contributed by atoms with E-state index in [4.69, 9.17) is 16.3 Å². The molecule has 0 unspecified atom stereocenters. The van der Waals surface area contributed by atoms with E-state index < -0.39 is 5.97 Å². The number of hydrogen-bond acceptors (Lipinski definition) is 6. The predicted octanol–water partition coefficient (Wildman–Crippen LogP) is 4.87. The molecule has 1 amide bonds. The average Bonchev–Trinajstić information content (AvgIpc) is 3.18. The summed E-state index contributed by atoms with van der Waals surface area (Å²) in [6, 6.07) is 12.1. The Balaban J connectivity index is 1.51. The largest absolute Gasteiger partial charge is 0.489 e. The lowest BCUT2D eigenvalue weighted by molar-refractivity contribution is 0.0698. The number of pyridine rings is 2. The smallest absolute Gasteiger partial charge is 0.338 e. The van der Waals surface area contributed by atoms with Gasteiger partial charge in [-0.05, 0) is 29.6 Å². The van der Waals surface area contributed by atoms with Gasteiger partial charge in [-0.2, -0.15) is 0 Å². The molecule has 0 bridgehead atoms. The number of nitrogens with one attached hydrogen (secondary N) is 1. The highest BCUT2D eigenvalue weighted by molar-refractivity contribution is 7.17. The zero-order valence-corrected chi connectivity index (χ0v) is 16.9. The zero-order valence-electron chi connectivity index (χ0n) is 15.3. The van der Waals surface area contributed by atoms with Gasteiger partial charge in [-0.25, -0.2) is 9.78 Å². The minimum Gasteiger partial charge on any atom is -0.489 e. The number of carboxylic acids is 1. The molecule has 7 nitrogen and oxygen atoms in total. The van der Waals surface area contributed by atoms with Crippen LogP contribution in [0, 0.1) is 0 Å². The summed E-state index contributed by atoms with van der Waals surface area (Å²) in [5.41, 5.74) is 1.71. The Bertz CT molecular complexity index is 1240. The Hall–Kier alpha value is -3.49. The van der Waals surface area contributed by atoms with Crippen molar-refractivity contribution in [1.82, 2.24) is 9.97 Å². The van der Waals surface area contributed by atoms with Crippen molar-refractivity contribution in [2.75, 3.05) is 5.32 Å². The predicted molar refractivity (Wildman–Crippen MR) is 115 cm³/mol. The van der Waals surface area contributed by atoms with Crippen molar-refractivity contribution in [2.24, 2.45) is 0 Å². The van der Waals surface area contributed by atoms with E-state index in [0.717, 1.165) is 5.56 Å². The van der Waals surface area contributed by atoms with Crippen LogP contribution in [-0.4, -0.2) is 27.0 Å². The van der Waals surface area contributed by atoms with Crippen molar-refractivity contribution < 1.29 is 19.4 Å². The van der Waals surface area contributed by atoms with Crippen LogP contribution < -0.4 is 10.1 Å². The number of carboxylic acid groups (broad SMARTS) is 1. The summed E-state index contributed by atoms with van der Waals surface area (Å²) >= 11 is 7.47. The van der Waals surface area contributed by atoms with Gasteiger partial charge in [-0.1, -0.05) is 23.7 Å². The first kappa shape index (κ1) is 19.8. The first-order chi connectivity index (χ1) is 14.5. The number of fused-ring (bicyclic) bond motifs is 1. The lowest BCUT2D eigenvalue weighted by atomic mass is 10.2. The number of anilines is 1. The lowest BCUT2D eigenvalue weighted by Crippen LogP contribution is -2.13. The Morgan fingerprint density at radius 3 is 2.80 bits per heavy atom. The van der Waals surface area contributed by atoms with E-state index in [-0.39, 0.29) is 23.2 Å². The van der Waals surface area contributed by atoms with Crippen LogP contribution in [0.2, 0.25) is 5.15 Å². The molecule has 9 heteroatoms. The Morgan fingerprint density at radius 1 is 1.17 bits per heavy atom. The van der Waals surface area contributed by atoms with Crippen molar-refractivity contribution in [1.29, 1.82) is 0 Å². The number of ether oxygens (including phenoxy) is 1. The average molecular weight is 440 g/mol. The number of nitrogens with zero attached hydrogens (tertiary/aromatic N) is 2. The number of carbonyl (C=O) groups excluding carboxylic acids is 1. The van der Waals surface area contributed by atoms with Crippen molar-refractivity contribution in [2.45, 2.75) is 6.61 Å². The normalized spacial score (nSPS) is 10.7. The van der Waals surface area contributed by atoms with Crippen LogP contribution in [0.5, 0.6) is 5.75 Å². The summed E-state index contributed by atoms with van der Waals surface area (Å²) in [6.07, 6.45) is 2.80. The summed E-state index contributed by atoms with van der Waals surface area (Å²) in [6.45, 7) is 0.169. The fourth-order valence-corrected chi connectivity index (χ4v) is 4.22. The maximum Gasteiger partial charge on any atom is 0.338 e. The second kappa shape index (κ2) is 8.48. The highest BCUT2D eigenvalue weighted by Gasteiger charge is 2.17. The van der Waals surface area contributed by atoms with Crippen molar-refractivity contribution >= 4 is 50.6 Å². The van der Waals surface area contributed by atoms with Crippen LogP contribution in [0.25, 0.3) is 10.1 Å². The van der Waals surface area contributed by atoms with Crippen LogP contribution in [0.1, 0.15) is 26.4 Å². The second-order valence-electron chi connectivity index (χ2n) is 6.22. The van der Waals surface area contributed by atoms with Crippen LogP contribution in [0.4, 0.5) is 5.69 Å². The first-order valence-electron chi connectivity index (χ1n) is 8.76. The minimum absolute atomic E-state index is 0.102. The van der Waals surface area contributed by atoms with Gasteiger partial charge >= 0.3 is 5.97 Å². The van der Waals surface area contributed by atoms with Crippen LogP contribution in [0.3, 0.4) is 0 Å². The molecule has 150 valence electrons. The van der Waals surface area contributed by atoms with E-state index in [9.17, 15) is 14.7 Å². The molecule has 0 saturated carbocycles. The molecule has 0 saturated heterocycles. The molecule has 0 spiro atoms. The standard InChI is InChI=1S/C21H14ClN3O4S/c22-19-17-12(11-30-18(17)15(9-24-19)21(27)28)10-29-14-5-3-4-13(8-14)25-20(26)16-6-1-2-7-23-16/h1-9,11H,10H2,(H,25,26)(H,27,28). The molecule has 4 rings (SSSR count). The SMILES string of the molecule is O=C(Nc1cccc(OCc2csc3c(C(=O)O)cnc(Cl)c23)c1)c1ccccn1. The molecule has 1 aromatic carbocycles. The summed E-state index contributed by atoms with van der Waals surface area (Å²) in [5.74, 6) is -0.850. The molecule has 0 aliphatic rings. The molecular formula is C21H14ClN3O4S. The summed E-state index contributed by atoms with van der Waals surface area (Å²) in [4.78, 5) is 31.7. The summed E-state index contributed by atoms with van der Waals surface area (Å²) in [7, 11) is 0. The van der Waals surface area contributed by atoms with Gasteiger partial charge in [0.05, 0.1) is 10.3 Å². The highest BCUT2D eigenvalue weighted by Crippen LogP contribution is 2.34. The van der Waals surface area contributed by atoms with E-state index in [0.29, 0.717) is 27.2 Å². The number of rotatable bonds is 6. The Morgan fingerprint density at radius 2 is 2.03 bits per heavy atom. The third kappa shape index (κ3) is 4.10. The summed E-state index contributed by atoms with van der Waals surface area (Å²) < 4.78 is 6.40. The fraction of sp³-hybridized carbons (Fsp3) is 0.0476. The maximum atomic E-state index is 12.3. The molecule has 0 fully saturated rings. The fourth-order valence-electron chi connectivity index (χ4n) is 2.84. The zero-order chi connectivity index (χ0) is 21.1. The molecule has 3 aromatic heterocycles. The van der Waals surface area contributed by atoms with E-state index >= 15 is 0 Å². The van der Waals surface area contributed by atoms with Crippen molar-refractivity contribution in [3.63, 3.8) is 0 Å². The number of hydrogen-bond donors (Lipinski definition) is 2. The van der Waals surface area contributed by atoms with Crippen LogP contribution in [-0.2, 0) is 6.61 Å². The second-order valence-corrected chi connectivity index (χ2v) is 7.46. The number of amides is 1. The minimum atomic E-state index is -1.06. The van der Waals surface area contributed by atoms with E-state index in [1.54, 1.807) is 54.0 Å². The van der Waals surface area contributed by atoms with E-state index in [1.807, 2.05) is 0 Å². The Labute approximate surface area is 179 Å². The quantitative estimate of drug-likeness (QED) is 0.415. The number of carbonyl (C=O) groups is 2. The molecule has 2 N–H and O–H groups in total. The third-order valence-corrected chi connectivity index (χ3v) is 5.59. The number of thiophene rings is 1. The third-order valence-electron chi connectivity index (χ3n) is 4.24. The maximum absolute atomic E-state index is 12.3. The number of aromatic nitrogens is 2. The summed E-state index contributed by atoms with van der Waals surface area (Å²) in [5, 5.41) is 14.7. The molecule has 3 heterocycles. The van der Waals surface area contributed by atoms with Gasteiger partial charge < -0.3 is 15.2 Å². The molecule has 0 radical (unpaired) electrons. The number of aromatic carboxylic acids is 1. The van der Waals surface area contributed by atoms with E-state index in [2.05, 4.69) is 15.3 Å². The topological polar surface area (TPSA) is 101 Å². The van der Waals surface area contributed by atoms with Gasteiger partial charge in [0, 0.05) is 35.1 Å². The van der Waals surface area contributed by atoms with E-state index in [1.165, 1.54) is 17.5 Å². The highest BCUT2D eigenvalue weighted by atomic mass is 35.5. The van der Waals surface area contributed by atoms with Gasteiger partial charge in [0.25, 0.3) is 5.91 Å². The monoisotopic (exact) mass is 439 g/mol. The van der Waals surface area contributed by atoms with Gasteiger partial charge in [0.15, 0.2) is 0 Å². The Kier molecular flexibility index (Phi) is 5.60. The lowest BCUT2D eigenvalue weighted by Gasteiger charge is -2.09. The molecule has 0 aliphatic heterocycles. The number of halogens is 1. The van der Waals surface area contributed by atoms with Gasteiger partial charge in [0.1, 0.15) is 23.2 Å². The van der Waals surface area contributed by atoms with Gasteiger partial charge in [0.2, 0.25) is 0 Å². The van der Waals surface area contributed by atoms with Crippen LogP contribution >= 0.6 is 22.9 Å². The molecule has 30 heavy (non-hydrogen) atoms. The van der Waals surface area contributed by atoms with Crippen LogP contribution in [0.15, 0.2) is 60.2 Å². The van der Waals surface area contributed by atoms with Gasteiger partial charge in [-0.15, -0.1) is 11.3 Å². The van der Waals surface area contributed by atoms with Crippen molar-refractivity contribution in [3.8, 4) is 5.75 Å². The van der Waals surface area contributed by atoms with Crippen molar-refractivity contribution in [3.05, 3.63) is 82.2 Å². The molecule has 0 aliphatic carbocycles. The molecule has 4 aromatic rings.